The van der Waals surface area contributed by atoms with Crippen LogP contribution in [0.1, 0.15) is 42.5 Å². The van der Waals surface area contributed by atoms with Gasteiger partial charge in [-0.3, -0.25) is 0 Å². The van der Waals surface area contributed by atoms with E-state index in [1.165, 1.54) is 34.0 Å². The van der Waals surface area contributed by atoms with Gasteiger partial charge in [0.2, 0.25) is 0 Å². The van der Waals surface area contributed by atoms with Crippen LogP contribution in [0.5, 0.6) is 0 Å². The van der Waals surface area contributed by atoms with E-state index in [0.29, 0.717) is 22.8 Å². The number of sulfone groups is 1. The van der Waals surface area contributed by atoms with Crippen molar-refractivity contribution >= 4 is 26.3 Å². The number of rotatable bonds is 3. The highest BCUT2D eigenvalue weighted by Crippen LogP contribution is 2.41. The molecule has 2 aromatic carbocycles. The molecule has 4 nitrogen and oxygen atoms in total. The summed E-state index contributed by atoms with van der Waals surface area (Å²) in [7, 11) is -3.21. The molecule has 30 heavy (non-hydrogen) atoms. The summed E-state index contributed by atoms with van der Waals surface area (Å²) in [5, 5.41) is 4.91. The highest BCUT2D eigenvalue weighted by atomic mass is 32.2. The lowest BCUT2D eigenvalue weighted by atomic mass is 9.74. The fourth-order valence-corrected chi connectivity index (χ4v) is 5.95. The Kier molecular flexibility index (Phi) is 4.83. The molecule has 3 unspecified atom stereocenters. The maximum Gasteiger partial charge on any atom is 0.175 e. The maximum atomic E-state index is 12.0. The number of aromatic amines is 1. The minimum Gasteiger partial charge on any atom is -0.358 e. The summed E-state index contributed by atoms with van der Waals surface area (Å²) in [5.74, 6) is 0.995. The minimum absolute atomic E-state index is 0.379. The molecule has 0 spiro atoms. The Bertz CT molecular complexity index is 1220. The molecule has 0 bridgehead atoms. The SMILES string of the molecule is CC1CC(C2CC(c3ccccc3)=CCN2)Cc2c1[nH]c1cc(S(C)(=O)=O)ccc21. The summed E-state index contributed by atoms with van der Waals surface area (Å²) in [6, 6.07) is 16.7. The standard InChI is InChI=1S/C25H28N2O2S/c1-16-12-19(23-14-18(10-11-26-23)17-6-4-3-5-7-17)13-22-21-9-8-20(30(2,28)29)15-24(21)27-25(16)22/h3-10,15-16,19,23,26-27H,11-14H2,1-2H3. The third-order valence-corrected chi connectivity index (χ3v) is 7.95. The molecule has 5 heteroatoms. The molecule has 3 aromatic rings. The third kappa shape index (κ3) is 3.50. The van der Waals surface area contributed by atoms with Crippen LogP contribution < -0.4 is 5.32 Å². The van der Waals surface area contributed by atoms with Crippen molar-refractivity contribution in [1.82, 2.24) is 10.3 Å². The van der Waals surface area contributed by atoms with Gasteiger partial charge in [0.15, 0.2) is 9.84 Å². The highest BCUT2D eigenvalue weighted by Gasteiger charge is 2.33. The summed E-state index contributed by atoms with van der Waals surface area (Å²) in [4.78, 5) is 3.92. The van der Waals surface area contributed by atoms with Crippen LogP contribution in [-0.4, -0.2) is 32.2 Å². The smallest absolute Gasteiger partial charge is 0.175 e. The Morgan fingerprint density at radius 2 is 1.83 bits per heavy atom. The van der Waals surface area contributed by atoms with Crippen molar-refractivity contribution in [2.75, 3.05) is 12.8 Å². The lowest BCUT2D eigenvalue weighted by Gasteiger charge is -2.36. The van der Waals surface area contributed by atoms with Crippen LogP contribution in [0.2, 0.25) is 0 Å². The predicted molar refractivity (Wildman–Crippen MR) is 122 cm³/mol. The molecular weight excluding hydrogens is 392 g/mol. The lowest BCUT2D eigenvalue weighted by Crippen LogP contribution is -2.41. The normalized spacial score (nSPS) is 24.5. The van der Waals surface area contributed by atoms with E-state index in [9.17, 15) is 8.42 Å². The van der Waals surface area contributed by atoms with Crippen LogP contribution in [0.3, 0.4) is 0 Å². The third-order valence-electron chi connectivity index (χ3n) is 6.84. The van der Waals surface area contributed by atoms with Crippen LogP contribution in [0, 0.1) is 5.92 Å². The Morgan fingerprint density at radius 3 is 2.60 bits per heavy atom. The second kappa shape index (κ2) is 7.40. The molecule has 0 radical (unpaired) electrons. The highest BCUT2D eigenvalue weighted by molar-refractivity contribution is 7.90. The van der Waals surface area contributed by atoms with E-state index in [0.717, 1.165) is 31.3 Å². The van der Waals surface area contributed by atoms with E-state index in [2.05, 4.69) is 53.6 Å². The molecule has 1 aliphatic heterocycles. The van der Waals surface area contributed by atoms with Crippen LogP contribution in [-0.2, 0) is 16.3 Å². The summed E-state index contributed by atoms with van der Waals surface area (Å²) in [6.45, 7) is 3.20. The average molecular weight is 421 g/mol. The van der Waals surface area contributed by atoms with Crippen LogP contribution in [0.25, 0.3) is 16.5 Å². The molecule has 0 amide bonds. The minimum atomic E-state index is -3.21. The van der Waals surface area contributed by atoms with Gasteiger partial charge in [-0.1, -0.05) is 49.4 Å². The van der Waals surface area contributed by atoms with Gasteiger partial charge in [0.1, 0.15) is 0 Å². The van der Waals surface area contributed by atoms with Crippen molar-refractivity contribution in [2.24, 2.45) is 5.92 Å². The van der Waals surface area contributed by atoms with Gasteiger partial charge in [-0.05, 0) is 59.9 Å². The van der Waals surface area contributed by atoms with Gasteiger partial charge in [0.05, 0.1) is 4.90 Å². The first kappa shape index (κ1) is 19.6. The van der Waals surface area contributed by atoms with Crippen LogP contribution in [0.15, 0.2) is 59.5 Å². The molecule has 2 aliphatic rings. The summed E-state index contributed by atoms with van der Waals surface area (Å²) >= 11 is 0. The zero-order valence-corrected chi connectivity index (χ0v) is 18.3. The van der Waals surface area contributed by atoms with Gasteiger partial charge in [0, 0.05) is 35.4 Å². The van der Waals surface area contributed by atoms with Crippen molar-refractivity contribution in [3.8, 4) is 0 Å². The molecule has 0 fully saturated rings. The topological polar surface area (TPSA) is 62.0 Å². The number of aromatic nitrogens is 1. The molecule has 0 saturated carbocycles. The van der Waals surface area contributed by atoms with Crippen LogP contribution >= 0.6 is 0 Å². The van der Waals surface area contributed by atoms with E-state index in [-0.39, 0.29) is 0 Å². The Morgan fingerprint density at radius 1 is 1.03 bits per heavy atom. The van der Waals surface area contributed by atoms with Crippen molar-refractivity contribution < 1.29 is 8.42 Å². The monoisotopic (exact) mass is 420 g/mol. The van der Waals surface area contributed by atoms with Crippen molar-refractivity contribution in [1.29, 1.82) is 0 Å². The Labute approximate surface area is 178 Å². The van der Waals surface area contributed by atoms with Crippen molar-refractivity contribution in [3.05, 3.63) is 71.4 Å². The van der Waals surface area contributed by atoms with Gasteiger partial charge in [-0.25, -0.2) is 8.42 Å². The van der Waals surface area contributed by atoms with Crippen molar-refractivity contribution in [2.45, 2.75) is 43.0 Å². The number of nitrogens with one attached hydrogen (secondary N) is 2. The Hall–Kier alpha value is -2.37. The summed E-state index contributed by atoms with van der Waals surface area (Å²) < 4.78 is 23.9. The van der Waals surface area contributed by atoms with E-state index < -0.39 is 9.84 Å². The van der Waals surface area contributed by atoms with E-state index in [1.54, 1.807) is 12.1 Å². The molecule has 0 saturated heterocycles. The van der Waals surface area contributed by atoms with Crippen molar-refractivity contribution in [3.63, 3.8) is 0 Å². The van der Waals surface area contributed by atoms with E-state index >= 15 is 0 Å². The molecule has 2 N–H and O–H groups in total. The molecule has 156 valence electrons. The van der Waals surface area contributed by atoms with Gasteiger partial charge in [0.25, 0.3) is 0 Å². The predicted octanol–water partition coefficient (Wildman–Crippen LogP) is 4.68. The molecule has 2 heterocycles. The summed E-state index contributed by atoms with van der Waals surface area (Å²) in [5.41, 5.74) is 6.35. The van der Waals surface area contributed by atoms with E-state index in [4.69, 9.17) is 0 Å². The molecule has 5 rings (SSSR count). The first-order valence-electron chi connectivity index (χ1n) is 10.7. The number of hydrogen-bond acceptors (Lipinski definition) is 3. The van der Waals surface area contributed by atoms with Crippen LogP contribution in [0.4, 0.5) is 0 Å². The first-order valence-corrected chi connectivity index (χ1v) is 12.6. The fraction of sp³-hybridized carbons (Fsp3) is 0.360. The Balaban J connectivity index is 1.44. The second-order valence-corrected chi connectivity index (χ2v) is 10.9. The fourth-order valence-electron chi connectivity index (χ4n) is 5.30. The number of hydrogen-bond donors (Lipinski definition) is 2. The zero-order chi connectivity index (χ0) is 20.9. The quantitative estimate of drug-likeness (QED) is 0.647. The molecule has 1 aromatic heterocycles. The number of H-pyrrole nitrogens is 1. The van der Waals surface area contributed by atoms with Gasteiger partial charge < -0.3 is 10.3 Å². The first-order chi connectivity index (χ1) is 14.4. The van der Waals surface area contributed by atoms with Gasteiger partial charge in [-0.2, -0.15) is 0 Å². The van der Waals surface area contributed by atoms with Gasteiger partial charge >= 0.3 is 0 Å². The second-order valence-electron chi connectivity index (χ2n) is 8.91. The molecule has 1 aliphatic carbocycles. The number of fused-ring (bicyclic) bond motifs is 3. The van der Waals surface area contributed by atoms with Gasteiger partial charge in [-0.15, -0.1) is 0 Å². The lowest BCUT2D eigenvalue weighted by molar-refractivity contribution is 0.306. The molecule has 3 atom stereocenters. The average Bonchev–Trinajstić information content (AvgIpc) is 3.12. The van der Waals surface area contributed by atoms with E-state index in [1.807, 2.05) is 6.07 Å². The zero-order valence-electron chi connectivity index (χ0n) is 17.5. The summed E-state index contributed by atoms with van der Waals surface area (Å²) in [6.07, 6.45) is 6.80. The number of benzene rings is 2. The maximum absolute atomic E-state index is 12.0. The largest absolute Gasteiger partial charge is 0.358 e. The molecular formula is C25H28N2O2S.